The number of hydrogen-bond donors (Lipinski definition) is 2. The Balaban J connectivity index is 1.96. The number of nitrogens with zero attached hydrogens (tertiary/aromatic N) is 1. The van der Waals surface area contributed by atoms with E-state index in [4.69, 9.17) is 5.73 Å². The highest BCUT2D eigenvalue weighted by Crippen LogP contribution is 2.35. The molecule has 0 bridgehead atoms. The second-order valence-corrected chi connectivity index (χ2v) is 7.19. The SMILES string of the molecule is NC(=O)c1cccc2c1c1ccc(CO)cc1n2CC1CCCCC1. The molecule has 2 aromatic carbocycles. The molecule has 0 aliphatic heterocycles. The van der Waals surface area contributed by atoms with Crippen molar-refractivity contribution in [1.82, 2.24) is 4.57 Å². The summed E-state index contributed by atoms with van der Waals surface area (Å²) >= 11 is 0. The molecule has 1 aliphatic carbocycles. The molecule has 4 nitrogen and oxygen atoms in total. The molecule has 0 saturated heterocycles. The van der Waals surface area contributed by atoms with Crippen LogP contribution in [0.15, 0.2) is 36.4 Å². The van der Waals surface area contributed by atoms with Gasteiger partial charge < -0.3 is 15.4 Å². The van der Waals surface area contributed by atoms with E-state index in [1.807, 2.05) is 24.3 Å². The summed E-state index contributed by atoms with van der Waals surface area (Å²) in [5, 5.41) is 11.5. The van der Waals surface area contributed by atoms with Gasteiger partial charge in [0.1, 0.15) is 0 Å². The quantitative estimate of drug-likeness (QED) is 0.757. The van der Waals surface area contributed by atoms with Crippen LogP contribution in [0.1, 0.15) is 48.0 Å². The van der Waals surface area contributed by atoms with Crippen molar-refractivity contribution in [2.24, 2.45) is 11.7 Å². The number of fused-ring (bicyclic) bond motifs is 3. The molecule has 1 fully saturated rings. The van der Waals surface area contributed by atoms with E-state index < -0.39 is 5.91 Å². The molecule has 1 saturated carbocycles. The first kappa shape index (κ1) is 16.2. The van der Waals surface area contributed by atoms with Crippen molar-refractivity contribution < 1.29 is 9.90 Å². The van der Waals surface area contributed by atoms with Crippen LogP contribution in [0.25, 0.3) is 21.8 Å². The number of nitrogens with two attached hydrogens (primary N) is 1. The number of aromatic nitrogens is 1. The predicted octanol–water partition coefficient (Wildman–Crippen LogP) is 3.97. The molecular weight excluding hydrogens is 312 g/mol. The molecule has 4 heteroatoms. The van der Waals surface area contributed by atoms with Crippen LogP contribution in [-0.2, 0) is 13.2 Å². The molecule has 1 heterocycles. The summed E-state index contributed by atoms with van der Waals surface area (Å²) in [5.74, 6) is 0.274. The fraction of sp³-hybridized carbons (Fsp3) is 0.381. The lowest BCUT2D eigenvalue weighted by molar-refractivity contribution is 0.100. The Kier molecular flexibility index (Phi) is 4.22. The molecule has 0 unspecified atom stereocenters. The van der Waals surface area contributed by atoms with Crippen LogP contribution in [0.3, 0.4) is 0 Å². The van der Waals surface area contributed by atoms with Crippen LogP contribution in [-0.4, -0.2) is 15.6 Å². The van der Waals surface area contributed by atoms with Gasteiger partial charge in [-0.15, -0.1) is 0 Å². The van der Waals surface area contributed by atoms with Gasteiger partial charge >= 0.3 is 0 Å². The van der Waals surface area contributed by atoms with Gasteiger partial charge in [-0.2, -0.15) is 0 Å². The summed E-state index contributed by atoms with van der Waals surface area (Å²) in [7, 11) is 0. The first-order valence-electron chi connectivity index (χ1n) is 9.13. The van der Waals surface area contributed by atoms with Gasteiger partial charge in [0.05, 0.1) is 6.61 Å². The number of hydrogen-bond acceptors (Lipinski definition) is 2. The summed E-state index contributed by atoms with van der Waals surface area (Å²) in [5.41, 5.74) is 9.24. The topological polar surface area (TPSA) is 68.2 Å². The lowest BCUT2D eigenvalue weighted by Gasteiger charge is -2.23. The van der Waals surface area contributed by atoms with Gasteiger partial charge in [-0.3, -0.25) is 4.79 Å². The Morgan fingerprint density at radius 1 is 1.12 bits per heavy atom. The lowest BCUT2D eigenvalue weighted by atomic mass is 9.89. The average molecular weight is 336 g/mol. The molecule has 0 spiro atoms. The standard InChI is InChI=1S/C21H24N2O2/c22-21(25)17-7-4-8-18-20(17)16-10-9-15(13-24)11-19(16)23(18)12-14-5-2-1-3-6-14/h4,7-11,14,24H,1-3,5-6,12-13H2,(H2,22,25). The minimum Gasteiger partial charge on any atom is -0.392 e. The van der Waals surface area contributed by atoms with Crippen LogP contribution in [0, 0.1) is 5.92 Å². The summed E-state index contributed by atoms with van der Waals surface area (Å²) in [6.45, 7) is 0.973. The monoisotopic (exact) mass is 336 g/mol. The first-order valence-corrected chi connectivity index (χ1v) is 9.13. The second kappa shape index (κ2) is 6.52. The largest absolute Gasteiger partial charge is 0.392 e. The molecule has 0 radical (unpaired) electrons. The Labute approximate surface area is 147 Å². The third kappa shape index (κ3) is 2.81. The van der Waals surface area contributed by atoms with Crippen LogP contribution in [0.2, 0.25) is 0 Å². The van der Waals surface area contributed by atoms with E-state index in [-0.39, 0.29) is 6.61 Å². The van der Waals surface area contributed by atoms with E-state index in [9.17, 15) is 9.90 Å². The van der Waals surface area contributed by atoms with Crippen LogP contribution in [0.5, 0.6) is 0 Å². The minimum atomic E-state index is -0.395. The number of rotatable bonds is 4. The van der Waals surface area contributed by atoms with Crippen LogP contribution < -0.4 is 5.73 Å². The van der Waals surface area contributed by atoms with E-state index in [1.54, 1.807) is 6.07 Å². The van der Waals surface area contributed by atoms with Gasteiger partial charge in [-0.05, 0) is 42.5 Å². The number of benzene rings is 2. The van der Waals surface area contributed by atoms with Crippen LogP contribution >= 0.6 is 0 Å². The van der Waals surface area contributed by atoms with E-state index in [1.165, 1.54) is 32.1 Å². The van der Waals surface area contributed by atoms with Crippen molar-refractivity contribution in [3.8, 4) is 0 Å². The first-order chi connectivity index (χ1) is 12.2. The lowest BCUT2D eigenvalue weighted by Crippen LogP contribution is -2.14. The fourth-order valence-electron chi connectivity index (χ4n) is 4.32. The minimum absolute atomic E-state index is 0.0174. The molecule has 0 atom stereocenters. The number of amides is 1. The maximum absolute atomic E-state index is 12.0. The molecule has 25 heavy (non-hydrogen) atoms. The summed E-state index contributed by atoms with van der Waals surface area (Å²) in [6.07, 6.45) is 6.46. The molecule has 1 aromatic heterocycles. The van der Waals surface area contributed by atoms with Crippen LogP contribution in [0.4, 0.5) is 0 Å². The Morgan fingerprint density at radius 3 is 2.64 bits per heavy atom. The molecule has 4 rings (SSSR count). The molecular formula is C21H24N2O2. The highest BCUT2D eigenvalue weighted by atomic mass is 16.3. The molecule has 3 N–H and O–H groups in total. The number of aliphatic hydroxyl groups is 1. The van der Waals surface area contributed by atoms with Gasteiger partial charge in [0.25, 0.3) is 0 Å². The maximum Gasteiger partial charge on any atom is 0.249 e. The van der Waals surface area contributed by atoms with E-state index in [2.05, 4.69) is 10.6 Å². The summed E-state index contributed by atoms with van der Waals surface area (Å²) in [6, 6.07) is 11.8. The van der Waals surface area contributed by atoms with Gasteiger partial charge in [0, 0.05) is 33.9 Å². The van der Waals surface area contributed by atoms with E-state index >= 15 is 0 Å². The maximum atomic E-state index is 12.0. The predicted molar refractivity (Wildman–Crippen MR) is 100 cm³/mol. The zero-order valence-electron chi connectivity index (χ0n) is 14.4. The van der Waals surface area contributed by atoms with Gasteiger partial charge in [-0.25, -0.2) is 0 Å². The smallest absolute Gasteiger partial charge is 0.249 e. The molecule has 1 amide bonds. The van der Waals surface area contributed by atoms with Crippen molar-refractivity contribution in [3.63, 3.8) is 0 Å². The van der Waals surface area contributed by atoms with Crippen molar-refractivity contribution in [1.29, 1.82) is 0 Å². The van der Waals surface area contributed by atoms with Crippen molar-refractivity contribution >= 4 is 27.7 Å². The molecule has 3 aromatic rings. The van der Waals surface area contributed by atoms with Gasteiger partial charge in [-0.1, -0.05) is 37.5 Å². The Bertz CT molecular complexity index is 936. The third-order valence-corrected chi connectivity index (χ3v) is 5.57. The highest BCUT2D eigenvalue weighted by Gasteiger charge is 2.20. The average Bonchev–Trinajstić information content (AvgIpc) is 2.95. The van der Waals surface area contributed by atoms with Gasteiger partial charge in [0.15, 0.2) is 0 Å². The summed E-state index contributed by atoms with van der Waals surface area (Å²) < 4.78 is 2.33. The van der Waals surface area contributed by atoms with Crippen molar-refractivity contribution in [2.75, 3.05) is 0 Å². The van der Waals surface area contributed by atoms with Gasteiger partial charge in [0.2, 0.25) is 5.91 Å². The summed E-state index contributed by atoms with van der Waals surface area (Å²) in [4.78, 5) is 12.0. The third-order valence-electron chi connectivity index (χ3n) is 5.57. The second-order valence-electron chi connectivity index (χ2n) is 7.19. The number of primary amides is 1. The van der Waals surface area contributed by atoms with E-state index in [0.29, 0.717) is 11.5 Å². The van der Waals surface area contributed by atoms with E-state index in [0.717, 1.165) is 33.9 Å². The highest BCUT2D eigenvalue weighted by molar-refractivity contribution is 6.17. The van der Waals surface area contributed by atoms with Crippen molar-refractivity contribution in [2.45, 2.75) is 45.3 Å². The fourth-order valence-corrected chi connectivity index (χ4v) is 4.32. The Hall–Kier alpha value is -2.33. The zero-order valence-corrected chi connectivity index (χ0v) is 14.4. The molecule has 1 aliphatic rings. The zero-order chi connectivity index (χ0) is 17.4. The van der Waals surface area contributed by atoms with Crippen molar-refractivity contribution in [3.05, 3.63) is 47.5 Å². The number of carbonyl (C=O) groups excluding carboxylic acids is 1. The normalized spacial score (nSPS) is 15.9. The molecule has 130 valence electrons. The number of carbonyl (C=O) groups is 1. The Morgan fingerprint density at radius 2 is 1.92 bits per heavy atom. The number of aliphatic hydroxyl groups excluding tert-OH is 1.